The Morgan fingerprint density at radius 2 is 1.37 bits per heavy atom. The number of allylic oxidation sites excluding steroid dienone is 8. The maximum absolute atomic E-state index is 2.43. The van der Waals surface area contributed by atoms with Gasteiger partial charge in [-0.15, -0.1) is 24.8 Å². The van der Waals surface area contributed by atoms with E-state index in [1.807, 2.05) is 0 Å². The number of rotatable bonds is 6. The molecule has 3 heteroatoms. The Balaban J connectivity index is 0.00000160. The van der Waals surface area contributed by atoms with Crippen LogP contribution in [0, 0.1) is 11.8 Å². The molecule has 0 saturated carbocycles. The van der Waals surface area contributed by atoms with Crippen LogP contribution in [0.15, 0.2) is 105 Å². The Bertz CT molecular complexity index is 941. The second kappa shape index (κ2) is 11.9. The van der Waals surface area contributed by atoms with Gasteiger partial charge in [0, 0.05) is 0 Å². The zero-order valence-corrected chi connectivity index (χ0v) is 21.6. The Kier molecular flexibility index (Phi) is 9.95. The van der Waals surface area contributed by atoms with E-state index in [1.54, 1.807) is 17.6 Å². The number of hydrogen-bond acceptors (Lipinski definition) is 0. The van der Waals surface area contributed by atoms with Crippen molar-refractivity contribution in [3.63, 3.8) is 0 Å². The van der Waals surface area contributed by atoms with E-state index in [4.69, 9.17) is 0 Å². The molecule has 0 amide bonds. The first kappa shape index (κ1) is 25.0. The van der Waals surface area contributed by atoms with E-state index in [2.05, 4.69) is 105 Å². The molecule has 4 rings (SSSR count). The average Bonchev–Trinajstić information content (AvgIpc) is 3.44. The van der Waals surface area contributed by atoms with E-state index in [0.29, 0.717) is 11.8 Å². The molecule has 155 valence electrons. The molecule has 0 aliphatic heterocycles. The number of benzene rings is 2. The van der Waals surface area contributed by atoms with Crippen LogP contribution in [0.2, 0.25) is 0 Å². The van der Waals surface area contributed by atoms with Crippen LogP contribution in [-0.4, -0.2) is 3.21 Å². The summed E-state index contributed by atoms with van der Waals surface area (Å²) < 4.78 is 3.35. The van der Waals surface area contributed by atoms with E-state index >= 15 is 0 Å². The van der Waals surface area contributed by atoms with Gasteiger partial charge in [0.15, 0.2) is 0 Å². The Hall–Kier alpha value is -1.27. The van der Waals surface area contributed by atoms with Gasteiger partial charge in [-0.25, -0.2) is 0 Å². The van der Waals surface area contributed by atoms with Crippen molar-refractivity contribution in [2.24, 2.45) is 11.8 Å². The van der Waals surface area contributed by atoms with Crippen LogP contribution in [0.25, 0.3) is 0 Å². The van der Waals surface area contributed by atoms with Gasteiger partial charge >= 0.3 is 181 Å². The van der Waals surface area contributed by atoms with Crippen LogP contribution in [-0.2, 0) is 22.8 Å². The van der Waals surface area contributed by atoms with Crippen LogP contribution in [0.3, 0.4) is 0 Å². The molecular formula is C27H29Cl2Zr. The summed E-state index contributed by atoms with van der Waals surface area (Å²) in [5, 5.41) is 0. The number of hydrogen-bond donors (Lipinski definition) is 0. The molecule has 2 aromatic rings. The second-order valence-electron chi connectivity index (χ2n) is 7.72. The van der Waals surface area contributed by atoms with Gasteiger partial charge in [-0.1, -0.05) is 0 Å². The molecule has 0 fully saturated rings. The zero-order valence-electron chi connectivity index (χ0n) is 17.5. The fourth-order valence-electron chi connectivity index (χ4n) is 4.14. The van der Waals surface area contributed by atoms with Gasteiger partial charge in [0.05, 0.1) is 0 Å². The SMILES string of the molecule is CC(C1=CC=CC1)C(C)C1=[C]([Zr]=[C](c2ccccc2)c2ccccc2)CC=C1.Cl.Cl. The molecule has 2 unspecified atom stereocenters. The molecule has 0 radical (unpaired) electrons. The van der Waals surface area contributed by atoms with E-state index in [1.165, 1.54) is 11.1 Å². The average molecular weight is 516 g/mol. The summed E-state index contributed by atoms with van der Waals surface area (Å²) in [6, 6.07) is 22.1. The summed E-state index contributed by atoms with van der Waals surface area (Å²) in [6.07, 6.45) is 13.9. The first-order valence-corrected chi connectivity index (χ1v) is 12.7. The minimum absolute atomic E-state index is 0. The number of halogens is 2. The largest absolute Gasteiger partial charge is 0.147 e. The summed E-state index contributed by atoms with van der Waals surface area (Å²) in [5.41, 5.74) is 6.02. The van der Waals surface area contributed by atoms with Gasteiger partial charge < -0.3 is 0 Å². The summed E-state index contributed by atoms with van der Waals surface area (Å²) in [7, 11) is 0. The van der Waals surface area contributed by atoms with Crippen molar-refractivity contribution >= 4 is 28.0 Å². The first-order chi connectivity index (χ1) is 13.7. The van der Waals surface area contributed by atoms with Gasteiger partial charge in [-0.05, 0) is 0 Å². The Morgan fingerprint density at radius 3 is 1.90 bits per heavy atom. The fourth-order valence-corrected chi connectivity index (χ4v) is 8.07. The molecule has 0 heterocycles. The van der Waals surface area contributed by atoms with Crippen LogP contribution in [0.5, 0.6) is 0 Å². The minimum atomic E-state index is -0.889. The molecule has 2 aromatic carbocycles. The smallest absolute Gasteiger partial charge is 0.147 e. The van der Waals surface area contributed by atoms with E-state index in [9.17, 15) is 0 Å². The van der Waals surface area contributed by atoms with Crippen molar-refractivity contribution in [2.45, 2.75) is 26.7 Å². The fraction of sp³-hybridized carbons (Fsp3) is 0.222. The topological polar surface area (TPSA) is 0 Å². The Morgan fingerprint density at radius 1 is 0.767 bits per heavy atom. The van der Waals surface area contributed by atoms with Gasteiger partial charge in [0.25, 0.3) is 0 Å². The Labute approximate surface area is 204 Å². The monoisotopic (exact) mass is 513 g/mol. The van der Waals surface area contributed by atoms with Crippen molar-refractivity contribution in [3.8, 4) is 0 Å². The molecular weight excluding hydrogens is 486 g/mol. The van der Waals surface area contributed by atoms with Crippen molar-refractivity contribution in [2.75, 3.05) is 0 Å². The molecule has 30 heavy (non-hydrogen) atoms. The molecule has 0 nitrogen and oxygen atoms in total. The molecule has 0 bridgehead atoms. The third-order valence-electron chi connectivity index (χ3n) is 5.99. The van der Waals surface area contributed by atoms with E-state index in [0.717, 1.165) is 12.8 Å². The minimum Gasteiger partial charge on any atom is -0.147 e. The molecule has 2 aliphatic carbocycles. The van der Waals surface area contributed by atoms with Crippen LogP contribution < -0.4 is 0 Å². The predicted molar refractivity (Wildman–Crippen MR) is 132 cm³/mol. The normalized spacial score (nSPS) is 16.3. The third-order valence-corrected chi connectivity index (χ3v) is 9.98. The quantitative estimate of drug-likeness (QED) is 0.373. The summed E-state index contributed by atoms with van der Waals surface area (Å²) in [5.74, 6) is 1.20. The van der Waals surface area contributed by atoms with Gasteiger partial charge in [-0.3, -0.25) is 0 Å². The summed E-state index contributed by atoms with van der Waals surface area (Å²) in [6.45, 7) is 4.84. The predicted octanol–water partition coefficient (Wildman–Crippen LogP) is 7.55. The molecule has 0 saturated heterocycles. The summed E-state index contributed by atoms with van der Waals surface area (Å²) in [4.78, 5) is 0. The van der Waals surface area contributed by atoms with Crippen LogP contribution >= 0.6 is 24.8 Å². The van der Waals surface area contributed by atoms with Crippen molar-refractivity contribution in [1.82, 2.24) is 0 Å². The van der Waals surface area contributed by atoms with Crippen molar-refractivity contribution in [1.29, 1.82) is 0 Å². The summed E-state index contributed by atoms with van der Waals surface area (Å²) >= 11 is -0.889. The van der Waals surface area contributed by atoms with Crippen LogP contribution in [0.4, 0.5) is 0 Å². The standard InChI is InChI=1S/C14H17.C13H10.2ClH.Zr/c1-11(13-7-3-4-8-13)12(2)14-9-5-6-10-14;1-3-7-12(8-4-1)11-13-9-5-2-6-10-13;;;/h3-5,7,9,11-12H,6,8H2,1-2H3;1-10H;2*1H;. The van der Waals surface area contributed by atoms with E-state index in [-0.39, 0.29) is 24.8 Å². The van der Waals surface area contributed by atoms with Crippen LogP contribution in [0.1, 0.15) is 37.8 Å². The molecule has 0 N–H and O–H groups in total. The molecule has 2 aliphatic rings. The molecule has 0 spiro atoms. The maximum Gasteiger partial charge on any atom is -0.147 e. The van der Waals surface area contributed by atoms with Gasteiger partial charge in [0.1, 0.15) is 0 Å². The van der Waals surface area contributed by atoms with Crippen molar-refractivity contribution < 1.29 is 22.8 Å². The second-order valence-corrected chi connectivity index (χ2v) is 11.1. The van der Waals surface area contributed by atoms with Crippen molar-refractivity contribution in [3.05, 3.63) is 117 Å². The molecule has 0 aromatic heterocycles. The third kappa shape index (κ3) is 5.70. The van der Waals surface area contributed by atoms with Gasteiger partial charge in [-0.2, -0.15) is 0 Å². The molecule has 2 atom stereocenters. The van der Waals surface area contributed by atoms with E-state index < -0.39 is 22.8 Å². The van der Waals surface area contributed by atoms with Gasteiger partial charge in [0.2, 0.25) is 0 Å². The zero-order chi connectivity index (χ0) is 19.3. The first-order valence-electron chi connectivity index (χ1n) is 10.2. The maximum atomic E-state index is 2.43.